The molecule has 0 unspecified atom stereocenters. The predicted molar refractivity (Wildman–Crippen MR) is 114 cm³/mol. The molecule has 0 saturated heterocycles. The lowest BCUT2D eigenvalue weighted by Gasteiger charge is -2.23. The highest BCUT2D eigenvalue weighted by molar-refractivity contribution is 5.80. The van der Waals surface area contributed by atoms with Crippen LogP contribution in [0.15, 0.2) is 54.9 Å². The maximum absolute atomic E-state index is 9.28. The monoisotopic (exact) mass is 394 g/mol. The predicted octanol–water partition coefficient (Wildman–Crippen LogP) is 3.14. The van der Waals surface area contributed by atoms with E-state index in [0.29, 0.717) is 17.3 Å². The topological polar surface area (TPSA) is 101 Å². The first kappa shape index (κ1) is 20.5. The summed E-state index contributed by atoms with van der Waals surface area (Å²) in [4.78, 5) is 13.3. The van der Waals surface area contributed by atoms with Gasteiger partial charge in [-0.05, 0) is 37.1 Å². The van der Waals surface area contributed by atoms with Crippen molar-refractivity contribution < 1.29 is 10.2 Å². The lowest BCUT2D eigenvalue weighted by molar-refractivity contribution is -0.0374. The lowest BCUT2D eigenvalue weighted by Crippen LogP contribution is -2.21. The first-order chi connectivity index (χ1) is 13.9. The number of aliphatic hydroxyl groups is 2. The molecule has 3 heterocycles. The number of allylic oxidation sites excluding steroid dienone is 4. The number of aryl methyl sites for hydroxylation is 2. The van der Waals surface area contributed by atoms with Gasteiger partial charge in [-0.25, -0.2) is 9.67 Å². The third kappa shape index (κ3) is 4.61. The van der Waals surface area contributed by atoms with Crippen molar-refractivity contribution >= 4 is 28.5 Å². The van der Waals surface area contributed by atoms with Crippen molar-refractivity contribution in [3.63, 3.8) is 0 Å². The minimum atomic E-state index is -1.42. The molecular weight excluding hydrogens is 368 g/mol. The third-order valence-corrected chi connectivity index (χ3v) is 4.47. The Morgan fingerprint density at radius 2 is 2.07 bits per heavy atom. The van der Waals surface area contributed by atoms with Gasteiger partial charge in [0.25, 0.3) is 0 Å². The zero-order valence-corrected chi connectivity index (χ0v) is 16.9. The number of pyridine rings is 1. The van der Waals surface area contributed by atoms with Crippen LogP contribution in [0.4, 0.5) is 11.6 Å². The molecule has 8 heteroatoms. The Morgan fingerprint density at radius 1 is 1.28 bits per heavy atom. The summed E-state index contributed by atoms with van der Waals surface area (Å²) in [6.45, 7) is 8.04. The summed E-state index contributed by atoms with van der Waals surface area (Å²) in [6.07, 6.45) is 8.56. The van der Waals surface area contributed by atoms with Gasteiger partial charge in [0, 0.05) is 19.2 Å². The van der Waals surface area contributed by atoms with Crippen molar-refractivity contribution in [2.75, 3.05) is 5.32 Å². The van der Waals surface area contributed by atoms with Crippen LogP contribution in [0, 0.1) is 0 Å². The Labute approximate surface area is 169 Å². The summed E-state index contributed by atoms with van der Waals surface area (Å²) in [5.41, 5.74) is 4.84. The Hall–Kier alpha value is -3.23. The molecular formula is C21H26N6O2. The van der Waals surface area contributed by atoms with E-state index in [1.807, 2.05) is 53.7 Å². The van der Waals surface area contributed by atoms with E-state index >= 15 is 0 Å². The zero-order valence-electron chi connectivity index (χ0n) is 16.9. The van der Waals surface area contributed by atoms with Crippen LogP contribution in [0.1, 0.15) is 26.0 Å². The summed E-state index contributed by atoms with van der Waals surface area (Å²) in [7, 11) is 1.89. The van der Waals surface area contributed by atoms with E-state index in [1.54, 1.807) is 12.4 Å². The van der Waals surface area contributed by atoms with Gasteiger partial charge in [0.1, 0.15) is 5.52 Å². The second-order valence-electron chi connectivity index (χ2n) is 6.65. The maximum Gasteiger partial charge on any atom is 0.229 e. The zero-order chi connectivity index (χ0) is 21.0. The minimum absolute atomic E-state index is 0.116. The molecule has 152 valence electrons. The van der Waals surface area contributed by atoms with Crippen LogP contribution >= 0.6 is 0 Å². The van der Waals surface area contributed by atoms with E-state index in [4.69, 9.17) is 0 Å². The second-order valence-corrected chi connectivity index (χ2v) is 6.65. The van der Waals surface area contributed by atoms with Crippen molar-refractivity contribution in [1.82, 2.24) is 24.3 Å². The average Bonchev–Trinajstić information content (AvgIpc) is 2.68. The molecule has 8 nitrogen and oxygen atoms in total. The molecule has 0 aliphatic heterocycles. The molecule has 0 spiro atoms. The van der Waals surface area contributed by atoms with E-state index in [-0.39, 0.29) is 6.42 Å². The minimum Gasteiger partial charge on any atom is -0.368 e. The number of aliphatic hydroxyl groups excluding tert-OH is 1. The molecule has 3 aromatic rings. The summed E-state index contributed by atoms with van der Waals surface area (Å²) in [6, 6.07) is 3.91. The molecule has 0 bridgehead atoms. The highest BCUT2D eigenvalue weighted by atomic mass is 16.5. The Balaban J connectivity index is 1.88. The molecule has 0 radical (unpaired) electrons. The molecule has 0 fully saturated rings. The van der Waals surface area contributed by atoms with Crippen molar-refractivity contribution in [3.8, 4) is 0 Å². The van der Waals surface area contributed by atoms with E-state index in [9.17, 15) is 10.2 Å². The third-order valence-electron chi connectivity index (χ3n) is 4.47. The molecule has 0 aliphatic rings. The van der Waals surface area contributed by atoms with E-state index < -0.39 is 6.29 Å². The summed E-state index contributed by atoms with van der Waals surface area (Å²) < 4.78 is 3.73. The Morgan fingerprint density at radius 3 is 2.69 bits per heavy atom. The fourth-order valence-corrected chi connectivity index (χ4v) is 3.06. The first-order valence-corrected chi connectivity index (χ1v) is 9.44. The first-order valence-electron chi connectivity index (χ1n) is 9.44. The van der Waals surface area contributed by atoms with Crippen LogP contribution in [0.25, 0.3) is 16.9 Å². The highest BCUT2D eigenvalue weighted by Crippen LogP contribution is 2.24. The SMILES string of the molecule is C=C(/C=C(\C=C/C)CC(O)O)n1c2nc(Nc3ccc(CC)nc3)ncc2n1C. The molecule has 29 heavy (non-hydrogen) atoms. The van der Waals surface area contributed by atoms with E-state index in [1.165, 1.54) is 0 Å². The van der Waals surface area contributed by atoms with Gasteiger partial charge in [0.2, 0.25) is 5.95 Å². The van der Waals surface area contributed by atoms with Crippen molar-refractivity contribution in [3.05, 3.63) is 60.6 Å². The maximum atomic E-state index is 9.28. The number of rotatable bonds is 8. The fourth-order valence-electron chi connectivity index (χ4n) is 3.06. The van der Waals surface area contributed by atoms with Crippen molar-refractivity contribution in [1.29, 1.82) is 0 Å². The number of hydrogen-bond donors (Lipinski definition) is 3. The highest BCUT2D eigenvalue weighted by Gasteiger charge is 2.16. The number of nitrogens with zero attached hydrogens (tertiary/aromatic N) is 5. The lowest BCUT2D eigenvalue weighted by atomic mass is 10.1. The normalized spacial score (nSPS) is 12.4. The summed E-state index contributed by atoms with van der Waals surface area (Å²) in [5.74, 6) is 0.462. The van der Waals surface area contributed by atoms with Crippen LogP contribution in [-0.2, 0) is 13.5 Å². The van der Waals surface area contributed by atoms with E-state index in [2.05, 4.69) is 33.8 Å². The number of aromatic nitrogens is 5. The van der Waals surface area contributed by atoms with Crippen LogP contribution in [0.2, 0.25) is 0 Å². The van der Waals surface area contributed by atoms with Crippen LogP contribution in [0.3, 0.4) is 0 Å². The van der Waals surface area contributed by atoms with Gasteiger partial charge in [-0.1, -0.05) is 25.7 Å². The second kappa shape index (κ2) is 8.85. The molecule has 3 rings (SSSR count). The number of fused-ring (bicyclic) bond motifs is 1. The van der Waals surface area contributed by atoms with Gasteiger partial charge in [0.05, 0.1) is 23.8 Å². The van der Waals surface area contributed by atoms with Gasteiger partial charge in [-0.15, -0.1) is 0 Å². The average molecular weight is 394 g/mol. The molecule has 0 atom stereocenters. The largest absolute Gasteiger partial charge is 0.368 e. The summed E-state index contributed by atoms with van der Waals surface area (Å²) in [5, 5.41) is 21.7. The van der Waals surface area contributed by atoms with Crippen LogP contribution < -0.4 is 5.32 Å². The number of hydrogen-bond acceptors (Lipinski definition) is 6. The molecule has 3 aromatic heterocycles. The number of anilines is 2. The standard InChI is InChI=1S/C21H26N6O2/c1-5-7-15(11-19(28)29)10-14(3)27-20-18(26(27)4)13-23-21(25-20)24-17-9-8-16(6-2)22-12-17/h5,7-10,12-13,19,28-29H,3,6,11H2,1-2,4H3,(H,23,24,25)/b7-5-,15-10+. The van der Waals surface area contributed by atoms with Gasteiger partial charge in [0.15, 0.2) is 11.9 Å². The molecule has 3 N–H and O–H groups in total. The van der Waals surface area contributed by atoms with Crippen molar-refractivity contribution in [2.24, 2.45) is 7.05 Å². The van der Waals surface area contributed by atoms with Crippen LogP contribution in [0.5, 0.6) is 0 Å². The van der Waals surface area contributed by atoms with Crippen LogP contribution in [-0.4, -0.2) is 40.8 Å². The van der Waals surface area contributed by atoms with Crippen molar-refractivity contribution in [2.45, 2.75) is 33.0 Å². The van der Waals surface area contributed by atoms with Gasteiger partial charge in [-0.2, -0.15) is 4.98 Å². The molecule has 0 saturated carbocycles. The van der Waals surface area contributed by atoms with Gasteiger partial charge in [-0.3, -0.25) is 9.67 Å². The smallest absolute Gasteiger partial charge is 0.229 e. The fraction of sp³-hybridized carbons (Fsp3) is 0.286. The molecule has 0 aliphatic carbocycles. The Bertz CT molecular complexity index is 1060. The van der Waals surface area contributed by atoms with E-state index in [0.717, 1.165) is 28.9 Å². The quantitative estimate of drug-likeness (QED) is 0.401. The number of nitrogens with one attached hydrogen (secondary N) is 1. The van der Waals surface area contributed by atoms with Gasteiger partial charge >= 0.3 is 0 Å². The van der Waals surface area contributed by atoms with Gasteiger partial charge < -0.3 is 15.5 Å². The summed E-state index contributed by atoms with van der Waals surface area (Å²) >= 11 is 0. The molecule has 0 amide bonds. The Kier molecular flexibility index (Phi) is 6.26. The molecule has 0 aromatic carbocycles.